The second-order valence-electron chi connectivity index (χ2n) is 5.32. The van der Waals surface area contributed by atoms with E-state index < -0.39 is 12.0 Å². The molecule has 1 aromatic heterocycles. The number of carbonyl (C=O) groups is 1. The number of fused-ring (bicyclic) bond motifs is 1. The van der Waals surface area contributed by atoms with Crippen molar-refractivity contribution >= 4 is 22.5 Å². The van der Waals surface area contributed by atoms with Crippen LogP contribution in [0.25, 0.3) is 10.9 Å². The summed E-state index contributed by atoms with van der Waals surface area (Å²) >= 11 is 0. The van der Waals surface area contributed by atoms with Gasteiger partial charge in [-0.1, -0.05) is 30.3 Å². The van der Waals surface area contributed by atoms with Gasteiger partial charge in [-0.25, -0.2) is 0 Å². The number of aryl methyl sites for hydroxylation is 1. The predicted octanol–water partition coefficient (Wildman–Crippen LogP) is 2.41. The van der Waals surface area contributed by atoms with Crippen molar-refractivity contribution < 1.29 is 9.90 Å². The number of rotatable bonds is 4. The van der Waals surface area contributed by atoms with Gasteiger partial charge in [-0.05, 0) is 30.2 Å². The molecule has 1 amide bonds. The summed E-state index contributed by atoms with van der Waals surface area (Å²) in [5.41, 5.74) is 3.43. The van der Waals surface area contributed by atoms with E-state index in [0.29, 0.717) is 5.69 Å². The number of aliphatic hydroxyl groups excluding tert-OH is 1. The van der Waals surface area contributed by atoms with E-state index in [1.54, 1.807) is 6.20 Å². The first-order chi connectivity index (χ1) is 10.6. The highest BCUT2D eigenvalue weighted by atomic mass is 16.3. The SMILES string of the molecule is Cc1cc(NC(=O)[C@@H](O)Cc2ccccc2)cc2[nH]ncc12. The maximum absolute atomic E-state index is 12.1. The predicted molar refractivity (Wildman–Crippen MR) is 85.6 cm³/mol. The van der Waals surface area contributed by atoms with E-state index in [1.165, 1.54) is 0 Å². The summed E-state index contributed by atoms with van der Waals surface area (Å²) in [5, 5.41) is 20.7. The Bertz CT molecular complexity index is 796. The number of anilines is 1. The van der Waals surface area contributed by atoms with Crippen LogP contribution in [0.5, 0.6) is 0 Å². The van der Waals surface area contributed by atoms with Gasteiger partial charge >= 0.3 is 0 Å². The van der Waals surface area contributed by atoms with Crippen molar-refractivity contribution in [3.05, 3.63) is 59.8 Å². The van der Waals surface area contributed by atoms with Gasteiger partial charge in [0.15, 0.2) is 0 Å². The molecule has 1 atom stereocenters. The van der Waals surface area contributed by atoms with Crippen molar-refractivity contribution in [2.45, 2.75) is 19.4 Å². The molecule has 0 spiro atoms. The lowest BCUT2D eigenvalue weighted by Gasteiger charge is -2.12. The van der Waals surface area contributed by atoms with Crippen molar-refractivity contribution in [3.8, 4) is 0 Å². The van der Waals surface area contributed by atoms with Crippen LogP contribution in [0.1, 0.15) is 11.1 Å². The molecule has 0 unspecified atom stereocenters. The van der Waals surface area contributed by atoms with Crippen LogP contribution in [0.3, 0.4) is 0 Å². The van der Waals surface area contributed by atoms with Crippen molar-refractivity contribution in [3.63, 3.8) is 0 Å². The maximum atomic E-state index is 12.1. The highest BCUT2D eigenvalue weighted by Gasteiger charge is 2.16. The normalized spacial score (nSPS) is 12.3. The summed E-state index contributed by atoms with van der Waals surface area (Å²) in [5.74, 6) is -0.415. The number of nitrogens with zero attached hydrogens (tertiary/aromatic N) is 1. The Kier molecular flexibility index (Phi) is 3.89. The minimum Gasteiger partial charge on any atom is -0.383 e. The van der Waals surface area contributed by atoms with Gasteiger partial charge in [0.25, 0.3) is 5.91 Å². The van der Waals surface area contributed by atoms with Gasteiger partial charge in [-0.2, -0.15) is 5.10 Å². The molecule has 0 bridgehead atoms. The number of nitrogens with one attached hydrogen (secondary N) is 2. The molecule has 1 heterocycles. The highest BCUT2D eigenvalue weighted by molar-refractivity contribution is 5.96. The van der Waals surface area contributed by atoms with Gasteiger partial charge in [0.05, 0.1) is 11.7 Å². The average molecular weight is 295 g/mol. The highest BCUT2D eigenvalue weighted by Crippen LogP contribution is 2.21. The van der Waals surface area contributed by atoms with Gasteiger partial charge < -0.3 is 10.4 Å². The van der Waals surface area contributed by atoms with Crippen LogP contribution < -0.4 is 5.32 Å². The third kappa shape index (κ3) is 2.99. The van der Waals surface area contributed by atoms with Crippen LogP contribution in [0.4, 0.5) is 5.69 Å². The van der Waals surface area contributed by atoms with E-state index in [9.17, 15) is 9.90 Å². The van der Waals surface area contributed by atoms with E-state index in [1.807, 2.05) is 49.4 Å². The first-order valence-electron chi connectivity index (χ1n) is 7.10. The largest absolute Gasteiger partial charge is 0.383 e. The molecule has 0 aliphatic rings. The Morgan fingerprint density at radius 2 is 2.09 bits per heavy atom. The van der Waals surface area contributed by atoms with Crippen LogP contribution in [-0.4, -0.2) is 27.3 Å². The van der Waals surface area contributed by atoms with Crippen LogP contribution in [-0.2, 0) is 11.2 Å². The first-order valence-corrected chi connectivity index (χ1v) is 7.10. The number of hydrogen-bond acceptors (Lipinski definition) is 3. The summed E-state index contributed by atoms with van der Waals surface area (Å²) in [6, 6.07) is 13.1. The number of H-pyrrole nitrogens is 1. The molecule has 3 rings (SSSR count). The quantitative estimate of drug-likeness (QED) is 0.691. The van der Waals surface area contributed by atoms with E-state index in [-0.39, 0.29) is 6.42 Å². The van der Waals surface area contributed by atoms with Crippen LogP contribution in [0.15, 0.2) is 48.7 Å². The third-order valence-electron chi connectivity index (χ3n) is 3.61. The molecule has 22 heavy (non-hydrogen) atoms. The number of aromatic nitrogens is 2. The molecular weight excluding hydrogens is 278 g/mol. The first kappa shape index (κ1) is 14.3. The molecular formula is C17H17N3O2. The Labute approximate surface area is 128 Å². The van der Waals surface area contributed by atoms with Gasteiger partial charge in [-0.3, -0.25) is 9.89 Å². The second-order valence-corrected chi connectivity index (χ2v) is 5.32. The maximum Gasteiger partial charge on any atom is 0.253 e. The number of hydrogen-bond donors (Lipinski definition) is 3. The van der Waals surface area contributed by atoms with E-state index in [2.05, 4.69) is 15.5 Å². The standard InChI is InChI=1S/C17H17N3O2/c1-11-7-13(9-15-14(11)10-18-20-15)19-17(22)16(21)8-12-5-3-2-4-6-12/h2-7,9-10,16,21H,8H2,1H3,(H,18,20)(H,19,22)/t16-/m0/s1. The van der Waals surface area contributed by atoms with Crippen molar-refractivity contribution in [1.82, 2.24) is 10.2 Å². The second kappa shape index (κ2) is 5.99. The third-order valence-corrected chi connectivity index (χ3v) is 3.61. The minimum absolute atomic E-state index is 0.290. The van der Waals surface area contributed by atoms with Gasteiger partial charge in [0.1, 0.15) is 6.10 Å². The molecule has 0 aliphatic carbocycles. The summed E-state index contributed by atoms with van der Waals surface area (Å²) in [4.78, 5) is 12.1. The molecule has 0 aliphatic heterocycles. The zero-order valence-electron chi connectivity index (χ0n) is 12.2. The molecule has 2 aromatic carbocycles. The number of aromatic amines is 1. The van der Waals surface area contributed by atoms with Crippen LogP contribution >= 0.6 is 0 Å². The minimum atomic E-state index is -1.08. The van der Waals surface area contributed by atoms with E-state index in [0.717, 1.165) is 22.0 Å². The molecule has 0 radical (unpaired) electrons. The van der Waals surface area contributed by atoms with Crippen LogP contribution in [0.2, 0.25) is 0 Å². The Morgan fingerprint density at radius 3 is 2.86 bits per heavy atom. The molecule has 5 heteroatoms. The Morgan fingerprint density at radius 1 is 1.32 bits per heavy atom. The van der Waals surface area contributed by atoms with Crippen molar-refractivity contribution in [2.24, 2.45) is 0 Å². The fourth-order valence-electron chi connectivity index (χ4n) is 2.46. The zero-order valence-corrected chi connectivity index (χ0v) is 12.2. The number of amides is 1. The fourth-order valence-corrected chi connectivity index (χ4v) is 2.46. The summed E-state index contributed by atoms with van der Waals surface area (Å²) in [6.45, 7) is 1.95. The number of benzene rings is 2. The lowest BCUT2D eigenvalue weighted by Crippen LogP contribution is -2.29. The molecule has 0 saturated heterocycles. The lowest BCUT2D eigenvalue weighted by atomic mass is 10.1. The van der Waals surface area contributed by atoms with Crippen molar-refractivity contribution in [2.75, 3.05) is 5.32 Å². The fraction of sp³-hybridized carbons (Fsp3) is 0.176. The summed E-state index contributed by atoms with van der Waals surface area (Å²) < 4.78 is 0. The summed E-state index contributed by atoms with van der Waals surface area (Å²) in [6.07, 6.45) is 0.957. The van der Waals surface area contributed by atoms with Gasteiger partial charge in [0.2, 0.25) is 0 Å². The van der Waals surface area contributed by atoms with Gasteiger partial charge in [-0.15, -0.1) is 0 Å². The van der Waals surface area contributed by atoms with Crippen LogP contribution in [0, 0.1) is 6.92 Å². The molecule has 112 valence electrons. The molecule has 0 saturated carbocycles. The topological polar surface area (TPSA) is 78.0 Å². The Hall–Kier alpha value is -2.66. The molecule has 3 aromatic rings. The number of aliphatic hydroxyl groups is 1. The monoisotopic (exact) mass is 295 g/mol. The average Bonchev–Trinajstić information content (AvgIpc) is 2.97. The number of carbonyl (C=O) groups excluding carboxylic acids is 1. The molecule has 0 fully saturated rings. The molecule has 5 nitrogen and oxygen atoms in total. The van der Waals surface area contributed by atoms with Crippen molar-refractivity contribution in [1.29, 1.82) is 0 Å². The lowest BCUT2D eigenvalue weighted by molar-refractivity contribution is -0.123. The van der Waals surface area contributed by atoms with Gasteiger partial charge in [0, 0.05) is 17.5 Å². The van der Waals surface area contributed by atoms with E-state index >= 15 is 0 Å². The summed E-state index contributed by atoms with van der Waals surface area (Å²) in [7, 11) is 0. The molecule has 3 N–H and O–H groups in total. The Balaban J connectivity index is 1.72. The zero-order chi connectivity index (χ0) is 15.5. The van der Waals surface area contributed by atoms with E-state index in [4.69, 9.17) is 0 Å². The smallest absolute Gasteiger partial charge is 0.253 e.